The molecule has 1 N–H and O–H groups in total. The van der Waals surface area contributed by atoms with E-state index < -0.39 is 5.91 Å². The molecule has 1 aromatic carbocycles. The molecule has 0 radical (unpaired) electrons. The molecule has 0 spiro atoms. The Morgan fingerprint density at radius 3 is 2.54 bits per heavy atom. The third-order valence-corrected chi connectivity index (χ3v) is 4.88. The highest BCUT2D eigenvalue weighted by Crippen LogP contribution is 2.22. The number of carbonyl (C=O) groups excluding carboxylic acids is 1. The predicted octanol–water partition coefficient (Wildman–Crippen LogP) is 5.21. The first-order valence-corrected chi connectivity index (χ1v) is 9.66. The van der Waals surface area contributed by atoms with Crippen molar-refractivity contribution in [1.82, 2.24) is 4.57 Å². The van der Waals surface area contributed by atoms with E-state index in [1.165, 1.54) is 12.8 Å². The molecule has 0 aliphatic heterocycles. The van der Waals surface area contributed by atoms with Gasteiger partial charge < -0.3 is 9.88 Å². The highest BCUT2D eigenvalue weighted by atomic mass is 35.5. The average molecular weight is 375 g/mol. The van der Waals surface area contributed by atoms with Crippen molar-refractivity contribution in [3.8, 4) is 0 Å². The molecule has 0 aliphatic rings. The molecule has 26 heavy (non-hydrogen) atoms. The number of rotatable bonds is 8. The number of halogens is 1. The van der Waals surface area contributed by atoms with E-state index in [1.54, 1.807) is 30.3 Å². The molecule has 1 aromatic heterocycles. The van der Waals surface area contributed by atoms with Crippen LogP contribution in [-0.2, 0) is 13.0 Å². The van der Waals surface area contributed by atoms with Gasteiger partial charge in [-0.2, -0.15) is 0 Å². The molecule has 2 aromatic rings. The van der Waals surface area contributed by atoms with E-state index in [9.17, 15) is 9.59 Å². The van der Waals surface area contributed by atoms with Gasteiger partial charge in [0.15, 0.2) is 5.43 Å². The first-order chi connectivity index (χ1) is 12.5. The number of unbranched alkanes of at least 4 members (excludes halogenated alkanes) is 3. The van der Waals surface area contributed by atoms with Gasteiger partial charge in [-0.15, -0.1) is 0 Å². The maximum atomic E-state index is 12.8. The second kappa shape index (κ2) is 9.58. The number of carbonyl (C=O) groups is 1. The number of benzene rings is 1. The molecule has 4 nitrogen and oxygen atoms in total. The summed E-state index contributed by atoms with van der Waals surface area (Å²) in [6, 6.07) is 8.58. The van der Waals surface area contributed by atoms with E-state index in [1.807, 2.05) is 13.8 Å². The fourth-order valence-electron chi connectivity index (χ4n) is 3.20. The van der Waals surface area contributed by atoms with Gasteiger partial charge >= 0.3 is 0 Å². The number of pyridine rings is 1. The van der Waals surface area contributed by atoms with E-state index in [0.717, 1.165) is 30.8 Å². The first kappa shape index (κ1) is 20.2. The van der Waals surface area contributed by atoms with Crippen molar-refractivity contribution in [2.24, 2.45) is 0 Å². The van der Waals surface area contributed by atoms with Crippen molar-refractivity contribution in [3.05, 3.63) is 62.5 Å². The summed E-state index contributed by atoms with van der Waals surface area (Å²) in [5.74, 6) is -0.401. The van der Waals surface area contributed by atoms with Crippen LogP contribution in [0.3, 0.4) is 0 Å². The summed E-state index contributed by atoms with van der Waals surface area (Å²) in [4.78, 5) is 25.4. The number of aromatic nitrogens is 1. The summed E-state index contributed by atoms with van der Waals surface area (Å²) in [5.41, 5.74) is 2.17. The van der Waals surface area contributed by atoms with Gasteiger partial charge in [-0.3, -0.25) is 9.59 Å². The Balaban J connectivity index is 2.36. The number of hydrogen-bond acceptors (Lipinski definition) is 2. The molecule has 0 aliphatic carbocycles. The standard InChI is InChI=1S/C21H27ClN2O2/c1-4-6-7-10-13-24-15(3)14-19(25)20(18(24)5-2)21(26)23-17-12-9-8-11-16(17)22/h8-9,11-12,14H,4-7,10,13H2,1-3H3,(H,23,26). The van der Waals surface area contributed by atoms with Crippen LogP contribution in [0.1, 0.15) is 61.3 Å². The largest absolute Gasteiger partial charge is 0.348 e. The first-order valence-electron chi connectivity index (χ1n) is 9.28. The lowest BCUT2D eigenvalue weighted by Crippen LogP contribution is -2.28. The number of hydrogen-bond donors (Lipinski definition) is 1. The quantitative estimate of drug-likeness (QED) is 0.645. The topological polar surface area (TPSA) is 51.1 Å². The van der Waals surface area contributed by atoms with Gasteiger partial charge in [0.1, 0.15) is 5.56 Å². The maximum absolute atomic E-state index is 12.8. The third-order valence-electron chi connectivity index (χ3n) is 4.55. The van der Waals surface area contributed by atoms with Crippen molar-refractivity contribution >= 4 is 23.2 Å². The second-order valence-electron chi connectivity index (χ2n) is 6.47. The normalized spacial score (nSPS) is 10.8. The second-order valence-corrected chi connectivity index (χ2v) is 6.88. The van der Waals surface area contributed by atoms with Crippen molar-refractivity contribution in [1.29, 1.82) is 0 Å². The van der Waals surface area contributed by atoms with Crippen LogP contribution in [0.25, 0.3) is 0 Å². The summed E-state index contributed by atoms with van der Waals surface area (Å²) in [7, 11) is 0. The van der Waals surface area contributed by atoms with Crippen molar-refractivity contribution in [3.63, 3.8) is 0 Å². The number of para-hydroxylation sites is 1. The minimum Gasteiger partial charge on any atom is -0.348 e. The van der Waals surface area contributed by atoms with Crippen LogP contribution in [0.15, 0.2) is 35.1 Å². The molecule has 1 amide bonds. The maximum Gasteiger partial charge on any atom is 0.261 e. The number of nitrogens with one attached hydrogen (secondary N) is 1. The molecule has 0 fully saturated rings. The number of amides is 1. The van der Waals surface area contributed by atoms with Crippen LogP contribution in [0, 0.1) is 6.92 Å². The Morgan fingerprint density at radius 1 is 1.15 bits per heavy atom. The van der Waals surface area contributed by atoms with Crippen molar-refractivity contribution < 1.29 is 4.79 Å². The lowest BCUT2D eigenvalue weighted by Gasteiger charge is -2.19. The zero-order chi connectivity index (χ0) is 19.1. The van der Waals surface area contributed by atoms with E-state index >= 15 is 0 Å². The molecular weight excluding hydrogens is 348 g/mol. The lowest BCUT2D eigenvalue weighted by molar-refractivity contribution is 0.102. The third kappa shape index (κ3) is 4.76. The van der Waals surface area contributed by atoms with Crippen LogP contribution < -0.4 is 10.7 Å². The number of aryl methyl sites for hydroxylation is 1. The summed E-state index contributed by atoms with van der Waals surface area (Å²) in [5, 5.41) is 3.23. The Labute approximate surface area is 160 Å². The molecule has 1 heterocycles. The van der Waals surface area contributed by atoms with Gasteiger partial charge in [0.25, 0.3) is 5.91 Å². The molecular formula is C21H27ClN2O2. The molecule has 0 unspecified atom stereocenters. The highest BCUT2D eigenvalue weighted by Gasteiger charge is 2.19. The molecule has 0 bridgehead atoms. The van der Waals surface area contributed by atoms with Gasteiger partial charge in [0, 0.05) is 24.0 Å². The molecule has 0 saturated carbocycles. The Morgan fingerprint density at radius 2 is 1.88 bits per heavy atom. The van der Waals surface area contributed by atoms with Crippen LogP contribution in [0.2, 0.25) is 5.02 Å². The summed E-state index contributed by atoms with van der Waals surface area (Å²) in [6.07, 6.45) is 5.17. The SMILES string of the molecule is CCCCCCn1c(C)cc(=O)c(C(=O)Nc2ccccc2Cl)c1CC. The Hall–Kier alpha value is -2.07. The molecule has 5 heteroatoms. The number of nitrogens with zero attached hydrogens (tertiary/aromatic N) is 1. The highest BCUT2D eigenvalue weighted by molar-refractivity contribution is 6.33. The number of anilines is 1. The van der Waals surface area contributed by atoms with E-state index in [0.29, 0.717) is 17.1 Å². The summed E-state index contributed by atoms with van der Waals surface area (Å²) >= 11 is 6.13. The van der Waals surface area contributed by atoms with Gasteiger partial charge in [0.2, 0.25) is 0 Å². The minimum atomic E-state index is -0.401. The smallest absolute Gasteiger partial charge is 0.261 e. The fraction of sp³-hybridized carbons (Fsp3) is 0.429. The Kier molecular flexibility index (Phi) is 7.46. The fourth-order valence-corrected chi connectivity index (χ4v) is 3.38. The zero-order valence-electron chi connectivity index (χ0n) is 15.8. The minimum absolute atomic E-state index is 0.216. The van der Waals surface area contributed by atoms with Crippen LogP contribution in [-0.4, -0.2) is 10.5 Å². The average Bonchev–Trinajstić information content (AvgIpc) is 2.61. The summed E-state index contributed by atoms with van der Waals surface area (Å²) in [6.45, 7) is 6.90. The predicted molar refractivity (Wildman–Crippen MR) is 108 cm³/mol. The van der Waals surface area contributed by atoms with Gasteiger partial charge in [-0.05, 0) is 31.9 Å². The molecule has 2 rings (SSSR count). The zero-order valence-corrected chi connectivity index (χ0v) is 16.5. The van der Waals surface area contributed by atoms with Gasteiger partial charge in [-0.25, -0.2) is 0 Å². The van der Waals surface area contributed by atoms with Gasteiger partial charge in [-0.1, -0.05) is 56.8 Å². The molecule has 0 atom stereocenters. The van der Waals surface area contributed by atoms with E-state index in [4.69, 9.17) is 11.6 Å². The Bertz CT molecular complexity index is 827. The van der Waals surface area contributed by atoms with Crippen LogP contribution >= 0.6 is 11.6 Å². The van der Waals surface area contributed by atoms with Crippen molar-refractivity contribution in [2.45, 2.75) is 59.4 Å². The molecule has 140 valence electrons. The van der Waals surface area contributed by atoms with Crippen molar-refractivity contribution in [2.75, 3.05) is 5.32 Å². The van der Waals surface area contributed by atoms with Crippen LogP contribution in [0.5, 0.6) is 0 Å². The lowest BCUT2D eigenvalue weighted by atomic mass is 10.1. The van der Waals surface area contributed by atoms with E-state index in [-0.39, 0.29) is 11.0 Å². The molecule has 0 saturated heterocycles. The van der Waals surface area contributed by atoms with E-state index in [2.05, 4.69) is 16.8 Å². The van der Waals surface area contributed by atoms with Crippen LogP contribution in [0.4, 0.5) is 5.69 Å². The monoisotopic (exact) mass is 374 g/mol. The van der Waals surface area contributed by atoms with Gasteiger partial charge in [0.05, 0.1) is 10.7 Å². The summed E-state index contributed by atoms with van der Waals surface area (Å²) < 4.78 is 2.11.